The van der Waals surface area contributed by atoms with Gasteiger partial charge in [-0.3, -0.25) is 29.4 Å². The van der Waals surface area contributed by atoms with Gasteiger partial charge in [-0.2, -0.15) is 0 Å². The molecule has 3 amide bonds. The van der Waals surface area contributed by atoms with E-state index in [9.17, 15) is 29.3 Å². The van der Waals surface area contributed by atoms with Gasteiger partial charge < -0.3 is 9.64 Å². The smallest absolute Gasteiger partial charge is 0.343 e. The monoisotopic (exact) mass is 495 g/mol. The molecule has 0 N–H and O–H groups in total. The van der Waals surface area contributed by atoms with Crippen LogP contribution in [0.3, 0.4) is 0 Å². The van der Waals surface area contributed by atoms with Gasteiger partial charge in [0, 0.05) is 25.2 Å². The summed E-state index contributed by atoms with van der Waals surface area (Å²) in [6.07, 6.45) is 4.46. The van der Waals surface area contributed by atoms with E-state index in [1.54, 1.807) is 17.0 Å². The van der Waals surface area contributed by atoms with Crippen molar-refractivity contribution in [1.82, 2.24) is 9.80 Å². The number of likely N-dealkylation sites (tertiary alicyclic amines) is 1. The molecule has 0 aromatic heterocycles. The minimum atomic E-state index is -0.674. The highest BCUT2D eigenvalue weighted by atomic mass is 32.2. The molecule has 0 aliphatic carbocycles. The predicted octanol–water partition coefficient (Wildman–Crippen LogP) is 3.86. The average Bonchev–Trinajstić information content (AvgIpc) is 3.13. The molecule has 4 rings (SSSR count). The van der Waals surface area contributed by atoms with Crippen LogP contribution in [0, 0.1) is 10.1 Å². The first-order valence-corrected chi connectivity index (χ1v) is 11.7. The maximum Gasteiger partial charge on any atom is 0.343 e. The Morgan fingerprint density at radius 1 is 1.00 bits per heavy atom. The molecule has 10 nitrogen and oxygen atoms in total. The quantitative estimate of drug-likeness (QED) is 0.194. The number of carbonyl (C=O) groups is 4. The minimum Gasteiger partial charge on any atom is -0.423 e. The molecule has 0 saturated carbocycles. The number of amides is 3. The molecule has 35 heavy (non-hydrogen) atoms. The number of carbonyl (C=O) groups excluding carboxylic acids is 4. The van der Waals surface area contributed by atoms with E-state index in [2.05, 4.69) is 0 Å². The van der Waals surface area contributed by atoms with Gasteiger partial charge in [0.1, 0.15) is 12.3 Å². The first-order chi connectivity index (χ1) is 16.8. The van der Waals surface area contributed by atoms with Crippen molar-refractivity contribution in [2.24, 2.45) is 0 Å². The molecule has 2 saturated heterocycles. The van der Waals surface area contributed by atoms with Crippen molar-refractivity contribution in [3.63, 3.8) is 0 Å². The van der Waals surface area contributed by atoms with Crippen molar-refractivity contribution in [3.05, 3.63) is 74.7 Å². The summed E-state index contributed by atoms with van der Waals surface area (Å²) in [7, 11) is 0. The van der Waals surface area contributed by atoms with Crippen LogP contribution in [0.15, 0.2) is 53.4 Å². The van der Waals surface area contributed by atoms with Crippen LogP contribution in [0.1, 0.15) is 35.2 Å². The third-order valence-electron chi connectivity index (χ3n) is 5.58. The SMILES string of the molecule is O=C(Oc1ccc(/C=C2\SC(=O)N(CC(=O)N3CCCCC3)C2=O)cc1)c1ccc([N+](=O)[O-])cc1. The number of thioether (sulfide) groups is 1. The molecule has 2 aliphatic heterocycles. The second kappa shape index (κ2) is 10.5. The second-order valence-electron chi connectivity index (χ2n) is 7.97. The van der Waals surface area contributed by atoms with E-state index in [4.69, 9.17) is 4.74 Å². The van der Waals surface area contributed by atoms with Crippen molar-refractivity contribution in [1.29, 1.82) is 0 Å². The molecule has 0 bridgehead atoms. The van der Waals surface area contributed by atoms with Gasteiger partial charge in [-0.1, -0.05) is 12.1 Å². The molecular weight excluding hydrogens is 474 g/mol. The molecule has 180 valence electrons. The van der Waals surface area contributed by atoms with E-state index in [0.29, 0.717) is 18.7 Å². The van der Waals surface area contributed by atoms with Crippen LogP contribution in [-0.2, 0) is 9.59 Å². The molecule has 0 atom stereocenters. The highest BCUT2D eigenvalue weighted by Gasteiger charge is 2.37. The number of nitro benzene ring substituents is 1. The number of rotatable bonds is 6. The number of hydrogen-bond acceptors (Lipinski definition) is 8. The number of hydrogen-bond donors (Lipinski definition) is 0. The van der Waals surface area contributed by atoms with Gasteiger partial charge in [0.05, 0.1) is 15.4 Å². The Morgan fingerprint density at radius 3 is 2.29 bits per heavy atom. The maximum absolute atomic E-state index is 12.7. The maximum atomic E-state index is 12.7. The van der Waals surface area contributed by atoms with Crippen LogP contribution in [0.2, 0.25) is 0 Å². The molecule has 2 heterocycles. The second-order valence-corrected chi connectivity index (χ2v) is 8.97. The van der Waals surface area contributed by atoms with Gasteiger partial charge >= 0.3 is 5.97 Å². The first kappa shape index (κ1) is 24.1. The minimum absolute atomic E-state index is 0.133. The summed E-state index contributed by atoms with van der Waals surface area (Å²) >= 11 is 0.775. The zero-order valence-electron chi connectivity index (χ0n) is 18.5. The van der Waals surface area contributed by atoms with E-state index in [0.717, 1.165) is 35.9 Å². The summed E-state index contributed by atoms with van der Waals surface area (Å²) in [6, 6.07) is 11.3. The Balaban J connectivity index is 1.37. The summed E-state index contributed by atoms with van der Waals surface area (Å²) in [5.74, 6) is -1.18. The Bertz CT molecular complexity index is 1200. The van der Waals surface area contributed by atoms with Crippen LogP contribution < -0.4 is 4.74 Å². The predicted molar refractivity (Wildman–Crippen MR) is 128 cm³/mol. The summed E-state index contributed by atoms with van der Waals surface area (Å²) < 4.78 is 5.28. The fourth-order valence-electron chi connectivity index (χ4n) is 3.68. The molecule has 11 heteroatoms. The number of esters is 1. The van der Waals surface area contributed by atoms with Gasteiger partial charge in [-0.25, -0.2) is 4.79 Å². The summed E-state index contributed by atoms with van der Waals surface area (Å²) in [6.45, 7) is 1.03. The van der Waals surface area contributed by atoms with Gasteiger partial charge in [0.15, 0.2) is 0 Å². The molecule has 2 aromatic carbocycles. The van der Waals surface area contributed by atoms with Crippen LogP contribution in [-0.4, -0.2) is 57.4 Å². The van der Waals surface area contributed by atoms with Crippen LogP contribution in [0.5, 0.6) is 5.75 Å². The van der Waals surface area contributed by atoms with Crippen molar-refractivity contribution >= 4 is 46.5 Å². The van der Waals surface area contributed by atoms with E-state index < -0.39 is 22.0 Å². The van der Waals surface area contributed by atoms with Gasteiger partial charge in [0.25, 0.3) is 16.8 Å². The topological polar surface area (TPSA) is 127 Å². The first-order valence-electron chi connectivity index (χ1n) is 10.9. The molecular formula is C24H21N3O7S. The lowest BCUT2D eigenvalue weighted by molar-refractivity contribution is -0.384. The van der Waals surface area contributed by atoms with E-state index in [1.807, 2.05) is 0 Å². The van der Waals surface area contributed by atoms with Gasteiger partial charge in [-0.05, 0) is 66.9 Å². The molecule has 2 aliphatic rings. The average molecular weight is 496 g/mol. The normalized spacial score (nSPS) is 17.1. The molecule has 2 aromatic rings. The van der Waals surface area contributed by atoms with Crippen LogP contribution in [0.25, 0.3) is 6.08 Å². The third-order valence-corrected chi connectivity index (χ3v) is 6.49. The van der Waals surface area contributed by atoms with Crippen molar-refractivity contribution in [2.75, 3.05) is 19.6 Å². The van der Waals surface area contributed by atoms with Gasteiger partial charge in [-0.15, -0.1) is 0 Å². The zero-order valence-corrected chi connectivity index (χ0v) is 19.4. The van der Waals surface area contributed by atoms with Gasteiger partial charge in [0.2, 0.25) is 5.91 Å². The third kappa shape index (κ3) is 5.75. The lowest BCUT2D eigenvalue weighted by atomic mass is 10.1. The number of ether oxygens (including phenoxy) is 1. The molecule has 0 spiro atoms. The fourth-order valence-corrected chi connectivity index (χ4v) is 4.52. The van der Waals surface area contributed by atoms with Crippen LogP contribution in [0.4, 0.5) is 10.5 Å². The largest absolute Gasteiger partial charge is 0.423 e. The Kier molecular flexibility index (Phi) is 7.25. The van der Waals surface area contributed by atoms with E-state index in [-0.39, 0.29) is 34.4 Å². The number of piperidine rings is 1. The summed E-state index contributed by atoms with van der Waals surface area (Å²) in [5, 5.41) is 10.2. The van der Waals surface area contributed by atoms with Crippen molar-refractivity contribution in [3.8, 4) is 5.75 Å². The Labute approximate surface area is 204 Å². The Hall–Kier alpha value is -3.99. The van der Waals surface area contributed by atoms with E-state index >= 15 is 0 Å². The number of nitro groups is 1. The number of benzene rings is 2. The number of non-ortho nitro benzene ring substituents is 1. The van der Waals surface area contributed by atoms with Crippen LogP contribution >= 0.6 is 11.8 Å². The lowest BCUT2D eigenvalue weighted by Crippen LogP contribution is -2.44. The molecule has 2 fully saturated rings. The fraction of sp³-hybridized carbons (Fsp3) is 0.250. The van der Waals surface area contributed by atoms with Crippen molar-refractivity contribution < 1.29 is 28.8 Å². The Morgan fingerprint density at radius 2 is 1.66 bits per heavy atom. The highest BCUT2D eigenvalue weighted by Crippen LogP contribution is 2.32. The molecule has 0 unspecified atom stereocenters. The number of imide groups is 1. The zero-order chi connectivity index (χ0) is 24.9. The number of nitrogens with zero attached hydrogens (tertiary/aromatic N) is 3. The highest BCUT2D eigenvalue weighted by molar-refractivity contribution is 8.18. The summed E-state index contributed by atoms with van der Waals surface area (Å²) in [5.41, 5.74) is 0.631. The lowest BCUT2D eigenvalue weighted by Gasteiger charge is -2.27. The van der Waals surface area contributed by atoms with E-state index in [1.165, 1.54) is 42.5 Å². The molecule has 0 radical (unpaired) electrons. The summed E-state index contributed by atoms with van der Waals surface area (Å²) in [4.78, 5) is 62.8. The standard InChI is InChI=1S/C24H21N3O7S/c28-21(25-12-2-1-3-13-25)15-26-22(29)20(35-24(26)31)14-16-4-10-19(11-5-16)34-23(30)17-6-8-18(9-7-17)27(32)33/h4-11,14H,1-3,12-13,15H2/b20-14-. The van der Waals surface area contributed by atoms with Crippen molar-refractivity contribution in [2.45, 2.75) is 19.3 Å².